The molecule has 0 saturated carbocycles. The Balaban J connectivity index is 1.43. The van der Waals surface area contributed by atoms with E-state index in [1.54, 1.807) is 34.9 Å². The highest BCUT2D eigenvalue weighted by atomic mass is 35.5. The minimum Gasteiger partial charge on any atom is -0.324 e. The van der Waals surface area contributed by atoms with Gasteiger partial charge in [0.05, 0.1) is 22.9 Å². The first-order valence-electron chi connectivity index (χ1n) is 10.6. The summed E-state index contributed by atoms with van der Waals surface area (Å²) in [6.45, 7) is 4.94. The predicted molar refractivity (Wildman–Crippen MR) is 132 cm³/mol. The highest BCUT2D eigenvalue weighted by molar-refractivity contribution is 7.99. The van der Waals surface area contributed by atoms with Crippen molar-refractivity contribution >= 4 is 46.6 Å². The standard InChI is InChI=1S/C24H24ClN5O2S/c1-2-13-30-21(15-22(31)26-19-11-5-4-10-18(19)25)27-28-24(30)33-16-23(32)29-14-7-9-17-8-3-6-12-20(17)29/h2-6,8,10-12H,1,7,9,13-16H2,(H,26,31). The normalized spacial score (nSPS) is 12.8. The van der Waals surface area contributed by atoms with Crippen LogP contribution in [0.15, 0.2) is 66.3 Å². The first kappa shape index (κ1) is 23.1. The molecule has 0 unspecified atom stereocenters. The Labute approximate surface area is 201 Å². The zero-order valence-corrected chi connectivity index (χ0v) is 19.6. The van der Waals surface area contributed by atoms with Crippen molar-refractivity contribution in [2.75, 3.05) is 22.5 Å². The van der Waals surface area contributed by atoms with Crippen LogP contribution in [0.25, 0.3) is 0 Å². The van der Waals surface area contributed by atoms with Crippen LogP contribution in [-0.4, -0.2) is 38.9 Å². The summed E-state index contributed by atoms with van der Waals surface area (Å²) in [6.07, 6.45) is 3.68. The van der Waals surface area contributed by atoms with Crippen molar-refractivity contribution in [2.45, 2.75) is 31.0 Å². The Hall–Kier alpha value is -3.10. The van der Waals surface area contributed by atoms with Crippen LogP contribution in [0.5, 0.6) is 0 Å². The van der Waals surface area contributed by atoms with Crippen LogP contribution in [0.4, 0.5) is 11.4 Å². The molecule has 1 aliphatic rings. The number of halogens is 1. The summed E-state index contributed by atoms with van der Waals surface area (Å²) >= 11 is 7.44. The molecule has 33 heavy (non-hydrogen) atoms. The fraction of sp³-hybridized carbons (Fsp3) is 0.250. The second-order valence-corrected chi connectivity index (χ2v) is 8.92. The monoisotopic (exact) mass is 481 g/mol. The number of nitrogens with one attached hydrogen (secondary N) is 1. The van der Waals surface area contributed by atoms with E-state index < -0.39 is 0 Å². The van der Waals surface area contributed by atoms with Crippen LogP contribution >= 0.6 is 23.4 Å². The van der Waals surface area contributed by atoms with Gasteiger partial charge < -0.3 is 14.8 Å². The Bertz CT molecular complexity index is 1180. The Morgan fingerprint density at radius 2 is 1.94 bits per heavy atom. The largest absolute Gasteiger partial charge is 0.324 e. The van der Waals surface area contributed by atoms with E-state index in [1.165, 1.54) is 17.3 Å². The summed E-state index contributed by atoms with van der Waals surface area (Å²) in [7, 11) is 0. The number of nitrogens with zero attached hydrogens (tertiary/aromatic N) is 4. The second kappa shape index (κ2) is 10.7. The van der Waals surface area contributed by atoms with Crippen molar-refractivity contribution in [3.8, 4) is 0 Å². The van der Waals surface area contributed by atoms with Gasteiger partial charge in [-0.1, -0.05) is 59.8 Å². The van der Waals surface area contributed by atoms with E-state index in [0.29, 0.717) is 34.8 Å². The number of amides is 2. The van der Waals surface area contributed by atoms with E-state index in [-0.39, 0.29) is 24.0 Å². The topological polar surface area (TPSA) is 80.1 Å². The highest BCUT2D eigenvalue weighted by Crippen LogP contribution is 2.28. The van der Waals surface area contributed by atoms with Crippen molar-refractivity contribution in [1.29, 1.82) is 0 Å². The lowest BCUT2D eigenvalue weighted by Crippen LogP contribution is -2.36. The van der Waals surface area contributed by atoms with Crippen LogP contribution in [0, 0.1) is 0 Å². The van der Waals surface area contributed by atoms with Crippen molar-refractivity contribution < 1.29 is 9.59 Å². The predicted octanol–water partition coefficient (Wildman–Crippen LogP) is 4.37. The number of allylic oxidation sites excluding steroid dienone is 1. The van der Waals surface area contributed by atoms with Crippen LogP contribution in [-0.2, 0) is 29.0 Å². The van der Waals surface area contributed by atoms with Gasteiger partial charge in [0.1, 0.15) is 5.82 Å². The molecule has 1 N–H and O–H groups in total. The van der Waals surface area contributed by atoms with E-state index in [1.807, 2.05) is 23.1 Å². The lowest BCUT2D eigenvalue weighted by Gasteiger charge is -2.29. The molecule has 0 bridgehead atoms. The number of fused-ring (bicyclic) bond motifs is 1. The summed E-state index contributed by atoms with van der Waals surface area (Å²) < 4.78 is 1.81. The molecule has 1 aromatic heterocycles. The molecule has 0 aliphatic carbocycles. The van der Waals surface area contributed by atoms with Crippen molar-refractivity contribution in [3.63, 3.8) is 0 Å². The molecule has 2 heterocycles. The third-order valence-electron chi connectivity index (χ3n) is 5.31. The number of anilines is 2. The molecule has 7 nitrogen and oxygen atoms in total. The molecule has 2 aromatic carbocycles. The molecular formula is C24H24ClN5O2S. The average molecular weight is 482 g/mol. The van der Waals surface area contributed by atoms with Crippen LogP contribution in [0.1, 0.15) is 17.8 Å². The van der Waals surface area contributed by atoms with Gasteiger partial charge in [0, 0.05) is 18.8 Å². The Kier molecular flexibility index (Phi) is 7.47. The Morgan fingerprint density at radius 1 is 1.15 bits per heavy atom. The summed E-state index contributed by atoms with van der Waals surface area (Å²) in [5.74, 6) is 0.504. The van der Waals surface area contributed by atoms with Gasteiger partial charge in [-0.3, -0.25) is 9.59 Å². The maximum Gasteiger partial charge on any atom is 0.237 e. The van der Waals surface area contributed by atoms with Gasteiger partial charge in [0.25, 0.3) is 0 Å². The zero-order chi connectivity index (χ0) is 23.2. The van der Waals surface area contributed by atoms with E-state index in [4.69, 9.17) is 11.6 Å². The van der Waals surface area contributed by atoms with Crippen molar-refractivity contribution in [1.82, 2.24) is 14.8 Å². The SMILES string of the molecule is C=CCn1c(CC(=O)Nc2ccccc2Cl)nnc1SCC(=O)N1CCCc2ccccc21. The Morgan fingerprint density at radius 3 is 2.76 bits per heavy atom. The third kappa shape index (κ3) is 5.46. The molecular weight excluding hydrogens is 458 g/mol. The first-order chi connectivity index (χ1) is 16.1. The van der Waals surface area contributed by atoms with Crippen molar-refractivity contribution in [2.24, 2.45) is 0 Å². The molecule has 4 rings (SSSR count). The van der Waals surface area contributed by atoms with E-state index >= 15 is 0 Å². The van der Waals surface area contributed by atoms with Crippen molar-refractivity contribution in [3.05, 3.63) is 77.6 Å². The fourth-order valence-electron chi connectivity index (χ4n) is 3.77. The molecule has 1 aliphatic heterocycles. The van der Waals surface area contributed by atoms with Gasteiger partial charge in [-0.05, 0) is 36.6 Å². The number of aryl methyl sites for hydroxylation is 1. The van der Waals surface area contributed by atoms with Gasteiger partial charge in [-0.2, -0.15) is 0 Å². The summed E-state index contributed by atoms with van der Waals surface area (Å²) in [5.41, 5.74) is 2.73. The molecule has 0 atom stereocenters. The van der Waals surface area contributed by atoms with Gasteiger partial charge in [-0.25, -0.2) is 0 Å². The molecule has 0 radical (unpaired) electrons. The lowest BCUT2D eigenvalue weighted by atomic mass is 10.0. The highest BCUT2D eigenvalue weighted by Gasteiger charge is 2.23. The lowest BCUT2D eigenvalue weighted by molar-refractivity contribution is -0.116. The average Bonchev–Trinajstić information content (AvgIpc) is 3.19. The molecule has 9 heteroatoms. The number of para-hydroxylation sites is 2. The second-order valence-electron chi connectivity index (χ2n) is 7.57. The van der Waals surface area contributed by atoms with Crippen LogP contribution < -0.4 is 10.2 Å². The maximum atomic E-state index is 13.0. The number of aromatic nitrogens is 3. The molecule has 2 amide bonds. The van der Waals surface area contributed by atoms with Gasteiger partial charge in [0.2, 0.25) is 11.8 Å². The van der Waals surface area contributed by atoms with Gasteiger partial charge in [0.15, 0.2) is 5.16 Å². The molecule has 0 spiro atoms. The fourth-order valence-corrected chi connectivity index (χ4v) is 4.79. The first-order valence-corrected chi connectivity index (χ1v) is 12.0. The van der Waals surface area contributed by atoms with E-state index in [9.17, 15) is 9.59 Å². The summed E-state index contributed by atoms with van der Waals surface area (Å²) in [4.78, 5) is 27.4. The number of carbonyl (C=O) groups is 2. The number of hydrogen-bond acceptors (Lipinski definition) is 5. The van der Waals surface area contributed by atoms with Gasteiger partial charge in [-0.15, -0.1) is 16.8 Å². The smallest absolute Gasteiger partial charge is 0.237 e. The maximum absolute atomic E-state index is 13.0. The van der Waals surface area contributed by atoms with E-state index in [2.05, 4.69) is 28.2 Å². The number of carbonyl (C=O) groups excluding carboxylic acids is 2. The van der Waals surface area contributed by atoms with E-state index in [0.717, 1.165) is 18.5 Å². The summed E-state index contributed by atoms with van der Waals surface area (Å²) in [5, 5.41) is 12.3. The number of benzene rings is 2. The summed E-state index contributed by atoms with van der Waals surface area (Å²) in [6, 6.07) is 15.1. The number of thioether (sulfide) groups is 1. The quantitative estimate of drug-likeness (QED) is 0.381. The van der Waals surface area contributed by atoms with Crippen LogP contribution in [0.3, 0.4) is 0 Å². The molecule has 170 valence electrons. The third-order valence-corrected chi connectivity index (χ3v) is 6.59. The molecule has 0 fully saturated rings. The van der Waals surface area contributed by atoms with Gasteiger partial charge >= 0.3 is 0 Å². The van der Waals surface area contributed by atoms with Crippen LogP contribution in [0.2, 0.25) is 5.02 Å². The molecule has 0 saturated heterocycles. The number of rotatable bonds is 8. The molecule has 3 aromatic rings. The minimum absolute atomic E-state index is 0.0262. The minimum atomic E-state index is -0.252. The number of hydrogen-bond donors (Lipinski definition) is 1. The zero-order valence-electron chi connectivity index (χ0n) is 18.0.